The van der Waals surface area contributed by atoms with Crippen molar-refractivity contribution in [1.82, 2.24) is 20.1 Å². The van der Waals surface area contributed by atoms with Gasteiger partial charge < -0.3 is 19.4 Å². The second-order valence-corrected chi connectivity index (χ2v) is 8.49. The second kappa shape index (κ2) is 8.46. The summed E-state index contributed by atoms with van der Waals surface area (Å²) in [6, 6.07) is 12.4. The van der Waals surface area contributed by atoms with E-state index < -0.39 is 0 Å². The van der Waals surface area contributed by atoms with Crippen molar-refractivity contribution >= 4 is 32.6 Å². The van der Waals surface area contributed by atoms with E-state index in [0.29, 0.717) is 31.1 Å². The molecule has 9 nitrogen and oxygen atoms in total. The molecule has 32 heavy (non-hydrogen) atoms. The predicted molar refractivity (Wildman–Crippen MR) is 121 cm³/mol. The van der Waals surface area contributed by atoms with Gasteiger partial charge in [0.25, 0.3) is 5.56 Å². The fourth-order valence-electron chi connectivity index (χ4n) is 3.55. The van der Waals surface area contributed by atoms with Crippen molar-refractivity contribution < 1.29 is 13.9 Å². The average molecular weight is 452 g/mol. The van der Waals surface area contributed by atoms with Gasteiger partial charge in [-0.05, 0) is 36.4 Å². The molecule has 3 aromatic heterocycles. The summed E-state index contributed by atoms with van der Waals surface area (Å²) in [5.41, 5.74) is 1.27. The minimum Gasteiger partial charge on any atom is -0.497 e. The Bertz CT molecular complexity index is 1310. The smallest absolute Gasteiger partial charge is 0.266 e. The van der Waals surface area contributed by atoms with Gasteiger partial charge in [0.1, 0.15) is 11.4 Å². The summed E-state index contributed by atoms with van der Waals surface area (Å²) in [5, 5.41) is 8.12. The van der Waals surface area contributed by atoms with E-state index in [1.807, 2.05) is 18.2 Å². The number of anilines is 1. The van der Waals surface area contributed by atoms with Gasteiger partial charge in [-0.15, -0.1) is 0 Å². The zero-order chi connectivity index (χ0) is 22.1. The number of thiazole rings is 1. The summed E-state index contributed by atoms with van der Waals surface area (Å²) < 4.78 is 13.0. The summed E-state index contributed by atoms with van der Waals surface area (Å²) >= 11 is 1.59. The van der Waals surface area contributed by atoms with Crippen molar-refractivity contribution in [3.8, 4) is 17.2 Å². The zero-order valence-corrected chi connectivity index (χ0v) is 18.2. The van der Waals surface area contributed by atoms with Crippen molar-refractivity contribution in [2.75, 3.05) is 31.6 Å². The molecule has 1 aliphatic heterocycles. The summed E-state index contributed by atoms with van der Waals surface area (Å²) in [6.07, 6.45) is 1.56. The van der Waals surface area contributed by atoms with Crippen LogP contribution < -0.4 is 20.5 Å². The van der Waals surface area contributed by atoms with E-state index in [1.54, 1.807) is 42.9 Å². The molecule has 1 amide bonds. The van der Waals surface area contributed by atoms with Gasteiger partial charge >= 0.3 is 0 Å². The Morgan fingerprint density at radius 2 is 2.16 bits per heavy atom. The molecule has 10 heteroatoms. The van der Waals surface area contributed by atoms with Crippen LogP contribution in [0.4, 0.5) is 5.13 Å². The molecular weight excluding hydrogens is 430 g/mol. The molecule has 0 unspecified atom stereocenters. The molecule has 0 aliphatic carbocycles. The first-order valence-corrected chi connectivity index (χ1v) is 11.0. The van der Waals surface area contributed by atoms with Crippen molar-refractivity contribution in [3.05, 3.63) is 59.1 Å². The second-order valence-electron chi connectivity index (χ2n) is 7.48. The van der Waals surface area contributed by atoms with Crippen molar-refractivity contribution in [3.63, 3.8) is 0 Å². The van der Waals surface area contributed by atoms with E-state index in [2.05, 4.69) is 20.3 Å². The van der Waals surface area contributed by atoms with Crippen LogP contribution in [-0.4, -0.2) is 47.4 Å². The molecule has 0 spiro atoms. The maximum Gasteiger partial charge on any atom is 0.266 e. The highest BCUT2D eigenvalue weighted by Crippen LogP contribution is 2.34. The van der Waals surface area contributed by atoms with Gasteiger partial charge in [-0.1, -0.05) is 11.3 Å². The van der Waals surface area contributed by atoms with E-state index in [0.717, 1.165) is 21.1 Å². The number of nitrogens with zero attached hydrogens (tertiary/aromatic N) is 4. The first-order valence-electron chi connectivity index (χ1n) is 10.2. The van der Waals surface area contributed by atoms with E-state index in [9.17, 15) is 9.59 Å². The molecule has 1 fully saturated rings. The maximum atomic E-state index is 12.5. The Morgan fingerprint density at radius 3 is 2.94 bits per heavy atom. The minimum absolute atomic E-state index is 0.0285. The maximum absolute atomic E-state index is 12.5. The number of rotatable bonds is 7. The molecule has 4 heterocycles. The lowest BCUT2D eigenvalue weighted by Crippen LogP contribution is -2.54. The Hall–Kier alpha value is -3.66. The van der Waals surface area contributed by atoms with Gasteiger partial charge in [0.15, 0.2) is 10.9 Å². The van der Waals surface area contributed by atoms with E-state index in [-0.39, 0.29) is 23.9 Å². The first-order chi connectivity index (χ1) is 15.6. The van der Waals surface area contributed by atoms with Crippen LogP contribution >= 0.6 is 11.3 Å². The highest BCUT2D eigenvalue weighted by molar-refractivity contribution is 7.22. The van der Waals surface area contributed by atoms with E-state index >= 15 is 0 Å². The predicted octanol–water partition coefficient (Wildman–Crippen LogP) is 2.37. The van der Waals surface area contributed by atoms with Crippen LogP contribution in [0.15, 0.2) is 57.9 Å². The molecule has 1 saturated heterocycles. The largest absolute Gasteiger partial charge is 0.497 e. The van der Waals surface area contributed by atoms with Crippen molar-refractivity contribution in [1.29, 1.82) is 0 Å². The molecule has 5 rings (SSSR count). The van der Waals surface area contributed by atoms with E-state index in [4.69, 9.17) is 9.15 Å². The normalized spacial score (nSPS) is 13.8. The molecule has 0 saturated carbocycles. The van der Waals surface area contributed by atoms with Gasteiger partial charge in [0.05, 0.1) is 36.1 Å². The van der Waals surface area contributed by atoms with Gasteiger partial charge in [-0.3, -0.25) is 9.59 Å². The summed E-state index contributed by atoms with van der Waals surface area (Å²) in [6.45, 7) is 1.85. The number of fused-ring (bicyclic) bond motifs is 1. The third-order valence-electron chi connectivity index (χ3n) is 5.37. The van der Waals surface area contributed by atoms with Crippen LogP contribution in [0.1, 0.15) is 0 Å². The SMILES string of the molecule is COc1ccc2nc(N3CC(C(=O)NCCn4nc(-c5ccco5)ccc4=O)C3)sc2c1. The Labute approximate surface area is 187 Å². The van der Waals surface area contributed by atoms with Crippen LogP contribution in [0.25, 0.3) is 21.7 Å². The molecule has 0 atom stereocenters. The fraction of sp³-hybridized carbons (Fsp3) is 0.273. The molecule has 0 radical (unpaired) electrons. The van der Waals surface area contributed by atoms with Crippen LogP contribution in [-0.2, 0) is 11.3 Å². The third kappa shape index (κ3) is 3.96. The highest BCUT2D eigenvalue weighted by atomic mass is 32.1. The molecule has 0 bridgehead atoms. The number of furan rings is 1. The standard InChI is InChI=1S/C22H21N5O4S/c1-30-15-4-5-17-19(11-15)32-22(24-17)26-12-14(13-26)21(29)23-8-9-27-20(28)7-6-16(25-27)18-3-2-10-31-18/h2-7,10-11,14H,8-9,12-13H2,1H3,(H,23,29). The number of hydrogen-bond donors (Lipinski definition) is 1. The average Bonchev–Trinajstić information content (AvgIpc) is 3.43. The van der Waals surface area contributed by atoms with E-state index in [1.165, 1.54) is 10.7 Å². The Balaban J connectivity index is 1.14. The molecule has 1 aliphatic rings. The highest BCUT2D eigenvalue weighted by Gasteiger charge is 2.34. The van der Waals surface area contributed by atoms with Crippen LogP contribution in [0.5, 0.6) is 5.75 Å². The van der Waals surface area contributed by atoms with Crippen molar-refractivity contribution in [2.45, 2.75) is 6.54 Å². The lowest BCUT2D eigenvalue weighted by molar-refractivity contribution is -0.125. The molecular formula is C22H21N5O4S. The topological polar surface area (TPSA) is 102 Å². The molecule has 1 aromatic carbocycles. The number of benzene rings is 1. The monoisotopic (exact) mass is 451 g/mol. The van der Waals surface area contributed by atoms with Gasteiger partial charge in [-0.25, -0.2) is 9.67 Å². The summed E-state index contributed by atoms with van der Waals surface area (Å²) in [4.78, 5) is 31.3. The van der Waals surface area contributed by atoms with Crippen LogP contribution in [0, 0.1) is 5.92 Å². The number of ether oxygens (including phenoxy) is 1. The van der Waals surface area contributed by atoms with Gasteiger partial charge in [0, 0.05) is 25.7 Å². The summed E-state index contributed by atoms with van der Waals surface area (Å²) in [5.74, 6) is 1.26. The molecule has 4 aromatic rings. The Morgan fingerprint density at radius 1 is 1.28 bits per heavy atom. The van der Waals surface area contributed by atoms with Gasteiger partial charge in [0.2, 0.25) is 5.91 Å². The Kier molecular flexibility index (Phi) is 5.36. The quantitative estimate of drug-likeness (QED) is 0.460. The number of nitrogens with one attached hydrogen (secondary N) is 1. The van der Waals surface area contributed by atoms with Crippen LogP contribution in [0.2, 0.25) is 0 Å². The number of carbonyl (C=O) groups excluding carboxylic acids is 1. The number of amides is 1. The van der Waals surface area contributed by atoms with Gasteiger partial charge in [-0.2, -0.15) is 5.10 Å². The minimum atomic E-state index is -0.225. The third-order valence-corrected chi connectivity index (χ3v) is 6.45. The fourth-order valence-corrected chi connectivity index (χ4v) is 4.56. The van der Waals surface area contributed by atoms with Crippen molar-refractivity contribution in [2.24, 2.45) is 5.92 Å². The number of hydrogen-bond acceptors (Lipinski definition) is 8. The number of methoxy groups -OCH3 is 1. The number of aromatic nitrogens is 3. The zero-order valence-electron chi connectivity index (χ0n) is 17.4. The molecule has 1 N–H and O–H groups in total. The van der Waals surface area contributed by atoms with Crippen LogP contribution in [0.3, 0.4) is 0 Å². The number of carbonyl (C=O) groups is 1. The summed E-state index contributed by atoms with van der Waals surface area (Å²) in [7, 11) is 1.64. The lowest BCUT2D eigenvalue weighted by atomic mass is 10.0. The first kappa shape index (κ1) is 20.3. The molecule has 164 valence electrons. The lowest BCUT2D eigenvalue weighted by Gasteiger charge is -2.37.